The minimum absolute atomic E-state index is 0.120. The first kappa shape index (κ1) is 6.07. The number of rotatable bonds is 1. The van der Waals surface area contributed by atoms with Gasteiger partial charge in [0.2, 0.25) is 0 Å². The van der Waals surface area contributed by atoms with Crippen molar-refractivity contribution >= 4 is 0 Å². The fraction of sp³-hybridized carbons (Fsp3) is 0.600. The van der Waals surface area contributed by atoms with Crippen molar-refractivity contribution in [2.75, 3.05) is 0 Å². The Morgan fingerprint density at radius 3 is 2.44 bits per heavy atom. The lowest BCUT2D eigenvalue weighted by atomic mass is 10.2. The molecule has 1 aromatic heterocycles. The maximum Gasteiger partial charge on any atom is 0.287 e. The Hall–Kier alpha value is -1.06. The molecule has 0 saturated carbocycles. The van der Waals surface area contributed by atoms with Crippen molar-refractivity contribution in [2.24, 2.45) is 0 Å². The summed E-state index contributed by atoms with van der Waals surface area (Å²) in [4.78, 5) is 10.7. The van der Waals surface area contributed by atoms with Gasteiger partial charge in [0, 0.05) is 5.92 Å². The summed E-state index contributed by atoms with van der Waals surface area (Å²) in [6.07, 6.45) is 0. The smallest absolute Gasteiger partial charge is 0.266 e. The van der Waals surface area contributed by atoms with E-state index in [4.69, 9.17) is 0 Å². The third kappa shape index (κ3) is 1.01. The molecule has 0 aliphatic rings. The molecule has 0 bridgehead atoms. The summed E-state index contributed by atoms with van der Waals surface area (Å²) < 4.78 is 0. The first-order chi connectivity index (χ1) is 4.22. The molecule has 0 unspecified atom stereocenters. The molecule has 4 heteroatoms. The van der Waals surface area contributed by atoms with Crippen molar-refractivity contribution in [2.45, 2.75) is 19.8 Å². The molecular formula is C5H9N3O. The van der Waals surface area contributed by atoms with E-state index in [1.807, 2.05) is 13.8 Å². The van der Waals surface area contributed by atoms with Gasteiger partial charge in [-0.15, -0.1) is 0 Å². The average Bonchev–Trinajstić information content (AvgIpc) is 2.13. The van der Waals surface area contributed by atoms with Gasteiger partial charge in [-0.1, -0.05) is 13.8 Å². The second kappa shape index (κ2) is 2.05. The molecule has 0 radical (unpaired) electrons. The lowest BCUT2D eigenvalue weighted by Gasteiger charge is -1.91. The molecule has 0 fully saturated rings. The summed E-state index contributed by atoms with van der Waals surface area (Å²) in [5.41, 5.74) is 0.444. The quantitative estimate of drug-likeness (QED) is 0.567. The van der Waals surface area contributed by atoms with Gasteiger partial charge in [0.15, 0.2) is 0 Å². The molecule has 0 spiro atoms. The van der Waals surface area contributed by atoms with Gasteiger partial charge in [0.25, 0.3) is 5.56 Å². The summed E-state index contributed by atoms with van der Waals surface area (Å²) in [5.74, 6) is 0.194. The molecule has 1 aromatic rings. The molecule has 0 atom stereocenters. The van der Waals surface area contributed by atoms with Crippen LogP contribution >= 0.6 is 0 Å². The van der Waals surface area contributed by atoms with Gasteiger partial charge >= 0.3 is 0 Å². The summed E-state index contributed by atoms with van der Waals surface area (Å²) in [7, 11) is 0. The molecule has 0 saturated heterocycles. The van der Waals surface area contributed by atoms with Crippen molar-refractivity contribution in [3.63, 3.8) is 0 Å². The average molecular weight is 127 g/mol. The van der Waals surface area contributed by atoms with Gasteiger partial charge in [-0.25, -0.2) is 10.3 Å². The van der Waals surface area contributed by atoms with Gasteiger partial charge < -0.3 is 0 Å². The Kier molecular flexibility index (Phi) is 1.38. The van der Waals surface area contributed by atoms with Crippen LogP contribution in [0.5, 0.6) is 0 Å². The minimum atomic E-state index is -0.120. The van der Waals surface area contributed by atoms with E-state index >= 15 is 0 Å². The molecule has 1 rings (SSSR count). The number of aromatic nitrogens is 3. The zero-order valence-corrected chi connectivity index (χ0v) is 5.43. The fourth-order valence-corrected chi connectivity index (χ4v) is 0.645. The molecule has 0 aliphatic carbocycles. The van der Waals surface area contributed by atoms with Crippen molar-refractivity contribution in [3.05, 3.63) is 16.0 Å². The van der Waals surface area contributed by atoms with E-state index in [-0.39, 0.29) is 11.5 Å². The Bertz CT molecular complexity index is 234. The Morgan fingerprint density at radius 2 is 2.22 bits per heavy atom. The number of nitrogens with one attached hydrogen (secondary N) is 2. The van der Waals surface area contributed by atoms with Gasteiger partial charge in [0.1, 0.15) is 5.69 Å². The van der Waals surface area contributed by atoms with Crippen LogP contribution in [-0.2, 0) is 0 Å². The van der Waals surface area contributed by atoms with E-state index in [1.54, 1.807) is 0 Å². The normalized spacial score (nSPS) is 10.6. The predicted octanol–water partition coefficient (Wildman–Crippen LogP) is 0.221. The summed E-state index contributed by atoms with van der Waals surface area (Å²) in [5, 5.41) is 8.47. The molecule has 50 valence electrons. The van der Waals surface area contributed by atoms with E-state index in [1.165, 1.54) is 0 Å². The van der Waals surface area contributed by atoms with Crippen LogP contribution in [0.4, 0.5) is 0 Å². The Balaban J connectivity index is 3.08. The van der Waals surface area contributed by atoms with Crippen LogP contribution in [-0.4, -0.2) is 15.4 Å². The Morgan fingerprint density at radius 1 is 1.56 bits per heavy atom. The SMILES string of the molecule is CC(C)c1n[nH][nH]c1=O. The lowest BCUT2D eigenvalue weighted by Crippen LogP contribution is -2.07. The topological polar surface area (TPSA) is 61.5 Å². The molecule has 0 amide bonds. The van der Waals surface area contributed by atoms with E-state index in [9.17, 15) is 4.79 Å². The van der Waals surface area contributed by atoms with Crippen molar-refractivity contribution in [3.8, 4) is 0 Å². The fourth-order valence-electron chi connectivity index (χ4n) is 0.645. The van der Waals surface area contributed by atoms with Gasteiger partial charge in [-0.05, 0) is 0 Å². The second-order valence-electron chi connectivity index (χ2n) is 2.22. The van der Waals surface area contributed by atoms with E-state index in [0.717, 1.165) is 0 Å². The number of H-pyrrole nitrogens is 2. The number of hydrogen-bond acceptors (Lipinski definition) is 2. The van der Waals surface area contributed by atoms with Gasteiger partial charge in [-0.3, -0.25) is 4.79 Å². The molecular weight excluding hydrogens is 118 g/mol. The zero-order valence-electron chi connectivity index (χ0n) is 5.43. The highest BCUT2D eigenvalue weighted by atomic mass is 16.1. The Labute approximate surface area is 52.3 Å². The third-order valence-corrected chi connectivity index (χ3v) is 1.13. The molecule has 9 heavy (non-hydrogen) atoms. The van der Waals surface area contributed by atoms with E-state index in [2.05, 4.69) is 15.4 Å². The van der Waals surface area contributed by atoms with E-state index in [0.29, 0.717) is 5.69 Å². The number of hydrogen-bond donors (Lipinski definition) is 2. The van der Waals surface area contributed by atoms with Gasteiger partial charge in [0.05, 0.1) is 0 Å². The van der Waals surface area contributed by atoms with Crippen LogP contribution in [0.2, 0.25) is 0 Å². The largest absolute Gasteiger partial charge is 0.287 e. The first-order valence-corrected chi connectivity index (χ1v) is 2.84. The van der Waals surface area contributed by atoms with Crippen LogP contribution in [0.15, 0.2) is 4.79 Å². The third-order valence-electron chi connectivity index (χ3n) is 1.13. The highest BCUT2D eigenvalue weighted by molar-refractivity contribution is 4.97. The van der Waals surface area contributed by atoms with Crippen molar-refractivity contribution < 1.29 is 0 Å². The predicted molar refractivity (Wildman–Crippen MR) is 33.3 cm³/mol. The highest BCUT2D eigenvalue weighted by Gasteiger charge is 2.05. The maximum atomic E-state index is 10.7. The molecule has 0 aliphatic heterocycles. The van der Waals surface area contributed by atoms with E-state index < -0.39 is 0 Å². The second-order valence-corrected chi connectivity index (χ2v) is 2.22. The molecule has 0 aromatic carbocycles. The molecule has 1 heterocycles. The zero-order chi connectivity index (χ0) is 6.85. The first-order valence-electron chi connectivity index (χ1n) is 2.84. The summed E-state index contributed by atoms with van der Waals surface area (Å²) in [6, 6.07) is 0. The maximum absolute atomic E-state index is 10.7. The van der Waals surface area contributed by atoms with Crippen LogP contribution in [0.1, 0.15) is 25.5 Å². The summed E-state index contributed by atoms with van der Waals surface area (Å²) in [6.45, 7) is 3.84. The van der Waals surface area contributed by atoms with Gasteiger partial charge in [-0.2, -0.15) is 5.10 Å². The highest BCUT2D eigenvalue weighted by Crippen LogP contribution is 2.02. The monoisotopic (exact) mass is 127 g/mol. The van der Waals surface area contributed by atoms with Crippen LogP contribution in [0.25, 0.3) is 0 Å². The molecule has 4 nitrogen and oxygen atoms in total. The van der Waals surface area contributed by atoms with Crippen molar-refractivity contribution in [1.82, 2.24) is 15.4 Å². The number of aromatic amines is 2. The number of nitrogens with zero attached hydrogens (tertiary/aromatic N) is 1. The summed E-state index contributed by atoms with van der Waals surface area (Å²) >= 11 is 0. The van der Waals surface area contributed by atoms with Crippen LogP contribution in [0.3, 0.4) is 0 Å². The van der Waals surface area contributed by atoms with Crippen LogP contribution < -0.4 is 5.56 Å². The molecule has 2 N–H and O–H groups in total. The van der Waals surface area contributed by atoms with Crippen LogP contribution in [0, 0.1) is 0 Å². The minimum Gasteiger partial charge on any atom is -0.266 e. The standard InChI is InChI=1S/C5H9N3O/c1-3(2)4-5(9)7-8-6-4/h3H,1-2H3,(H2,6,7,8,9). The lowest BCUT2D eigenvalue weighted by molar-refractivity contribution is 0.801. The van der Waals surface area contributed by atoms with Crippen molar-refractivity contribution in [1.29, 1.82) is 0 Å².